The van der Waals surface area contributed by atoms with Crippen LogP contribution in [0.2, 0.25) is 0 Å². The molecule has 1 atom stereocenters. The van der Waals surface area contributed by atoms with Gasteiger partial charge in [0.25, 0.3) is 0 Å². The van der Waals surface area contributed by atoms with Gasteiger partial charge in [-0.25, -0.2) is 4.99 Å². The lowest BCUT2D eigenvalue weighted by atomic mass is 10.5. The van der Waals surface area contributed by atoms with Gasteiger partial charge < -0.3 is 10.6 Å². The third-order valence-corrected chi connectivity index (χ3v) is 1.20. The summed E-state index contributed by atoms with van der Waals surface area (Å²) >= 11 is 0. The molecular weight excluding hydrogens is 142 g/mol. The van der Waals surface area contributed by atoms with Gasteiger partial charge >= 0.3 is 0 Å². The fraction of sp³-hybridized carbons (Fsp3) is 0.429. The highest BCUT2D eigenvalue weighted by atomic mass is 16.1. The number of hydrogen-bond donors (Lipinski definition) is 1. The number of nitrogens with zero attached hydrogens (tertiary/aromatic N) is 2. The molecule has 0 fully saturated rings. The van der Waals surface area contributed by atoms with Crippen LogP contribution in [0.4, 0.5) is 0 Å². The van der Waals surface area contributed by atoms with Crippen LogP contribution in [0.3, 0.4) is 0 Å². The molecule has 0 radical (unpaired) electrons. The third kappa shape index (κ3) is 5.29. The summed E-state index contributed by atoms with van der Waals surface area (Å²) in [5.74, 6) is 0. The van der Waals surface area contributed by atoms with Gasteiger partial charge in [-0.2, -0.15) is 0 Å². The molecule has 0 aliphatic heterocycles. The normalized spacial score (nSPS) is 14.1. The van der Waals surface area contributed by atoms with Crippen LogP contribution in [-0.4, -0.2) is 30.7 Å². The van der Waals surface area contributed by atoms with Gasteiger partial charge in [0.1, 0.15) is 0 Å². The summed E-state index contributed by atoms with van der Waals surface area (Å²) in [5, 5.41) is 0. The van der Waals surface area contributed by atoms with Gasteiger partial charge in [-0.05, 0) is 13.0 Å². The highest BCUT2D eigenvalue weighted by Crippen LogP contribution is 1.86. The summed E-state index contributed by atoms with van der Waals surface area (Å²) in [4.78, 5) is 14.9. The molecule has 0 aliphatic carbocycles. The molecule has 0 saturated carbocycles. The van der Waals surface area contributed by atoms with Crippen molar-refractivity contribution >= 4 is 12.6 Å². The lowest BCUT2D eigenvalue weighted by Crippen LogP contribution is -2.32. The van der Waals surface area contributed by atoms with Crippen LogP contribution in [0.25, 0.3) is 0 Å². The van der Waals surface area contributed by atoms with Crippen molar-refractivity contribution in [2.45, 2.75) is 13.1 Å². The van der Waals surface area contributed by atoms with E-state index >= 15 is 0 Å². The van der Waals surface area contributed by atoms with Crippen molar-refractivity contribution in [1.29, 1.82) is 0 Å². The Balaban J connectivity index is 3.73. The smallest absolute Gasteiger partial charge is 0.232 e. The molecule has 1 amide bonds. The van der Waals surface area contributed by atoms with Gasteiger partial charge in [0.05, 0.1) is 6.17 Å². The molecule has 11 heavy (non-hydrogen) atoms. The zero-order valence-electron chi connectivity index (χ0n) is 6.77. The first kappa shape index (κ1) is 9.84. The Hall–Kier alpha value is -1.16. The minimum atomic E-state index is -0.0316. The molecule has 0 saturated heterocycles. The van der Waals surface area contributed by atoms with E-state index < -0.39 is 0 Å². The van der Waals surface area contributed by atoms with Crippen LogP contribution in [-0.2, 0) is 4.79 Å². The number of carbonyl (C=O) groups is 1. The minimum absolute atomic E-state index is 0.0316. The molecule has 0 spiro atoms. The fourth-order valence-electron chi connectivity index (χ4n) is 0.395. The average Bonchev–Trinajstić information content (AvgIpc) is 1.97. The summed E-state index contributed by atoms with van der Waals surface area (Å²) < 4.78 is 0. The Kier molecular flexibility index (Phi) is 5.02. The van der Waals surface area contributed by atoms with Crippen molar-refractivity contribution in [3.05, 3.63) is 12.3 Å². The number of rotatable bonds is 4. The summed E-state index contributed by atoms with van der Waals surface area (Å²) in [5.41, 5.74) is 5.51. The van der Waals surface area contributed by atoms with E-state index in [2.05, 4.69) is 4.99 Å². The summed E-state index contributed by atoms with van der Waals surface area (Å²) in [6.45, 7) is 1.86. The monoisotopic (exact) mass is 155 g/mol. The van der Waals surface area contributed by atoms with Crippen LogP contribution in [0.5, 0.6) is 0 Å². The standard InChI is InChI=1S/C7H13N3O/c1-7(8)10(2)5-3-4-9-6-11/h3-7H,8H2,1-2H3/b5-3-,9-4?/t7-/m0/s1. The van der Waals surface area contributed by atoms with Gasteiger partial charge in [0.2, 0.25) is 6.41 Å². The number of nitrogens with two attached hydrogens (primary N) is 1. The van der Waals surface area contributed by atoms with E-state index in [0.29, 0.717) is 6.41 Å². The quantitative estimate of drug-likeness (QED) is 0.352. The van der Waals surface area contributed by atoms with E-state index in [9.17, 15) is 4.79 Å². The summed E-state index contributed by atoms with van der Waals surface area (Å²) in [7, 11) is 1.84. The van der Waals surface area contributed by atoms with E-state index in [4.69, 9.17) is 5.73 Å². The molecular formula is C7H13N3O. The number of allylic oxidation sites excluding steroid dienone is 1. The molecule has 62 valence electrons. The molecule has 4 nitrogen and oxygen atoms in total. The summed E-state index contributed by atoms with van der Waals surface area (Å²) in [6.07, 6.45) is 5.26. The molecule has 0 aliphatic rings. The predicted molar refractivity (Wildman–Crippen MR) is 45.1 cm³/mol. The van der Waals surface area contributed by atoms with Crippen LogP contribution < -0.4 is 5.73 Å². The second kappa shape index (κ2) is 5.61. The lowest BCUT2D eigenvalue weighted by Gasteiger charge is -2.17. The number of aliphatic imine (C=N–C) groups is 1. The molecule has 0 unspecified atom stereocenters. The van der Waals surface area contributed by atoms with Crippen LogP contribution in [0, 0.1) is 0 Å². The van der Waals surface area contributed by atoms with Crippen molar-refractivity contribution in [3.63, 3.8) is 0 Å². The van der Waals surface area contributed by atoms with Crippen molar-refractivity contribution in [1.82, 2.24) is 4.90 Å². The number of amides is 1. The van der Waals surface area contributed by atoms with E-state index in [-0.39, 0.29) is 6.17 Å². The Morgan fingerprint density at radius 2 is 2.27 bits per heavy atom. The Morgan fingerprint density at radius 1 is 1.64 bits per heavy atom. The van der Waals surface area contributed by atoms with Crippen LogP contribution >= 0.6 is 0 Å². The van der Waals surface area contributed by atoms with Crippen LogP contribution in [0.15, 0.2) is 17.3 Å². The first-order valence-corrected chi connectivity index (χ1v) is 3.29. The molecule has 0 bridgehead atoms. The van der Waals surface area contributed by atoms with Crippen molar-refractivity contribution in [2.75, 3.05) is 7.05 Å². The molecule has 0 aromatic carbocycles. The maximum Gasteiger partial charge on any atom is 0.232 e. The van der Waals surface area contributed by atoms with E-state index in [0.717, 1.165) is 0 Å². The first-order chi connectivity index (χ1) is 5.18. The number of carbonyl (C=O) groups excluding carboxylic acids is 1. The first-order valence-electron chi connectivity index (χ1n) is 3.29. The molecule has 2 N–H and O–H groups in total. The second-order valence-corrected chi connectivity index (χ2v) is 2.15. The van der Waals surface area contributed by atoms with E-state index in [1.807, 2.05) is 14.0 Å². The molecule has 4 heteroatoms. The van der Waals surface area contributed by atoms with Gasteiger partial charge in [-0.3, -0.25) is 4.79 Å². The third-order valence-electron chi connectivity index (χ3n) is 1.20. The van der Waals surface area contributed by atoms with E-state index in [1.165, 1.54) is 6.21 Å². The summed E-state index contributed by atoms with van der Waals surface area (Å²) in [6, 6.07) is 0. The Labute approximate surface area is 66.4 Å². The van der Waals surface area contributed by atoms with Gasteiger partial charge in [-0.1, -0.05) is 0 Å². The van der Waals surface area contributed by atoms with E-state index in [1.54, 1.807) is 17.2 Å². The molecule has 0 heterocycles. The topological polar surface area (TPSA) is 58.7 Å². The number of hydrogen-bond acceptors (Lipinski definition) is 3. The molecule has 0 aromatic heterocycles. The maximum absolute atomic E-state index is 9.71. The molecule has 0 rings (SSSR count). The van der Waals surface area contributed by atoms with Gasteiger partial charge in [0, 0.05) is 19.5 Å². The van der Waals surface area contributed by atoms with Gasteiger partial charge in [-0.15, -0.1) is 0 Å². The highest BCUT2D eigenvalue weighted by molar-refractivity contribution is 5.78. The zero-order valence-corrected chi connectivity index (χ0v) is 6.77. The van der Waals surface area contributed by atoms with Gasteiger partial charge in [0.15, 0.2) is 0 Å². The minimum Gasteiger partial charge on any atom is -0.366 e. The van der Waals surface area contributed by atoms with Crippen LogP contribution in [0.1, 0.15) is 6.92 Å². The average molecular weight is 155 g/mol. The Bertz CT molecular complexity index is 163. The largest absolute Gasteiger partial charge is 0.366 e. The molecule has 0 aromatic rings. The highest BCUT2D eigenvalue weighted by Gasteiger charge is 1.93. The SMILES string of the molecule is C[C@@H](N)N(C)/C=C\C=NC=O. The Morgan fingerprint density at radius 3 is 2.73 bits per heavy atom. The van der Waals surface area contributed by atoms with Crippen molar-refractivity contribution in [2.24, 2.45) is 10.7 Å². The van der Waals surface area contributed by atoms with Crippen molar-refractivity contribution in [3.8, 4) is 0 Å². The zero-order chi connectivity index (χ0) is 8.69. The fourth-order valence-corrected chi connectivity index (χ4v) is 0.395. The maximum atomic E-state index is 9.71. The lowest BCUT2D eigenvalue weighted by molar-refractivity contribution is -0.106. The predicted octanol–water partition coefficient (Wildman–Crippen LogP) is -0.0362. The van der Waals surface area contributed by atoms with Crippen molar-refractivity contribution < 1.29 is 4.79 Å². The second-order valence-electron chi connectivity index (χ2n) is 2.15.